The van der Waals surface area contributed by atoms with Crippen LogP contribution in [0.15, 0.2) is 91.5 Å². The van der Waals surface area contributed by atoms with Crippen molar-refractivity contribution >= 4 is 27.5 Å². The van der Waals surface area contributed by atoms with Crippen LogP contribution >= 0.6 is 0 Å². The zero-order valence-electron chi connectivity index (χ0n) is 17.6. The third-order valence-corrected chi connectivity index (χ3v) is 5.48. The first-order chi connectivity index (χ1) is 15.7. The molecule has 0 saturated heterocycles. The van der Waals surface area contributed by atoms with E-state index in [1.807, 2.05) is 67.6 Å². The highest BCUT2D eigenvalue weighted by Crippen LogP contribution is 2.34. The summed E-state index contributed by atoms with van der Waals surface area (Å²) in [5, 5.41) is 8.61. The molecule has 3 aromatic heterocycles. The largest absolute Gasteiger partial charge is 0.353 e. The van der Waals surface area contributed by atoms with E-state index in [9.17, 15) is 4.39 Å². The maximum Gasteiger partial charge on any atom is 0.135 e. The number of aromatic nitrogens is 4. The standard InChI is InChI=1S/C27H21FN4/c1-3-5-8-17(4-2)22-13-14-24-26(30-22)27(32-31-24)25-16-21-20(11-7-12-23(21)29-25)18-9-6-10-19(28)15-18/h3-16,29H,1H2,2H3,(H,31,32)/b8-5-,17-4+. The van der Waals surface area contributed by atoms with Gasteiger partial charge in [-0.25, -0.2) is 9.37 Å². The van der Waals surface area contributed by atoms with E-state index >= 15 is 0 Å². The number of H-pyrrole nitrogens is 2. The number of benzene rings is 2. The number of hydrogen-bond acceptors (Lipinski definition) is 2. The highest BCUT2D eigenvalue weighted by Gasteiger charge is 2.15. The molecule has 156 valence electrons. The van der Waals surface area contributed by atoms with E-state index < -0.39 is 0 Å². The van der Waals surface area contributed by atoms with Gasteiger partial charge in [0, 0.05) is 10.9 Å². The Morgan fingerprint density at radius 2 is 1.91 bits per heavy atom. The first-order valence-electron chi connectivity index (χ1n) is 10.4. The lowest BCUT2D eigenvalue weighted by molar-refractivity contribution is 0.628. The van der Waals surface area contributed by atoms with Gasteiger partial charge in [-0.2, -0.15) is 5.10 Å². The molecule has 0 spiro atoms. The summed E-state index contributed by atoms with van der Waals surface area (Å²) in [5.41, 5.74) is 7.85. The number of aromatic amines is 2. The molecule has 0 aliphatic rings. The average molecular weight is 420 g/mol. The Labute approximate surface area is 184 Å². The minimum atomic E-state index is -0.254. The minimum absolute atomic E-state index is 0.254. The van der Waals surface area contributed by atoms with Crippen LogP contribution in [0.5, 0.6) is 0 Å². The quantitative estimate of drug-likeness (QED) is 0.299. The molecule has 2 aromatic carbocycles. The fourth-order valence-electron chi connectivity index (χ4n) is 3.94. The van der Waals surface area contributed by atoms with Gasteiger partial charge in [-0.3, -0.25) is 5.10 Å². The van der Waals surface area contributed by atoms with Gasteiger partial charge in [0.15, 0.2) is 0 Å². The van der Waals surface area contributed by atoms with Crippen molar-refractivity contribution in [3.63, 3.8) is 0 Å². The van der Waals surface area contributed by atoms with Gasteiger partial charge >= 0.3 is 0 Å². The summed E-state index contributed by atoms with van der Waals surface area (Å²) in [7, 11) is 0. The molecule has 0 aliphatic heterocycles. The van der Waals surface area contributed by atoms with Gasteiger partial charge < -0.3 is 4.98 Å². The molecule has 32 heavy (non-hydrogen) atoms. The summed E-state index contributed by atoms with van der Waals surface area (Å²) in [5.74, 6) is -0.254. The van der Waals surface area contributed by atoms with Crippen molar-refractivity contribution in [1.82, 2.24) is 20.2 Å². The van der Waals surface area contributed by atoms with Gasteiger partial charge in [0.2, 0.25) is 0 Å². The van der Waals surface area contributed by atoms with Crippen molar-refractivity contribution in [3.8, 4) is 22.5 Å². The SMILES string of the molecule is C=C/C=C\C(=C/C)c1ccc2[nH]nc(-c3cc4c(-c5cccc(F)c5)cccc4[nH]3)c2n1. The van der Waals surface area contributed by atoms with Crippen molar-refractivity contribution in [2.24, 2.45) is 0 Å². The van der Waals surface area contributed by atoms with Crippen LogP contribution in [-0.4, -0.2) is 20.2 Å². The molecule has 2 N–H and O–H groups in total. The highest BCUT2D eigenvalue weighted by atomic mass is 19.1. The van der Waals surface area contributed by atoms with E-state index in [4.69, 9.17) is 4.98 Å². The summed E-state index contributed by atoms with van der Waals surface area (Å²) in [4.78, 5) is 8.33. The summed E-state index contributed by atoms with van der Waals surface area (Å²) < 4.78 is 13.8. The maximum atomic E-state index is 13.8. The summed E-state index contributed by atoms with van der Waals surface area (Å²) in [6.07, 6.45) is 7.63. The van der Waals surface area contributed by atoms with Gasteiger partial charge in [0.05, 0.1) is 16.9 Å². The van der Waals surface area contributed by atoms with E-state index in [2.05, 4.69) is 21.8 Å². The predicted molar refractivity (Wildman–Crippen MR) is 130 cm³/mol. The van der Waals surface area contributed by atoms with E-state index in [0.29, 0.717) is 0 Å². The molecule has 0 unspecified atom stereocenters. The van der Waals surface area contributed by atoms with E-state index in [0.717, 1.165) is 55.7 Å². The fraction of sp³-hybridized carbons (Fsp3) is 0.0370. The van der Waals surface area contributed by atoms with Crippen molar-refractivity contribution in [1.29, 1.82) is 0 Å². The molecule has 5 heteroatoms. The second-order valence-electron chi connectivity index (χ2n) is 7.46. The minimum Gasteiger partial charge on any atom is -0.353 e. The monoisotopic (exact) mass is 420 g/mol. The zero-order valence-corrected chi connectivity index (χ0v) is 17.6. The molecule has 0 atom stereocenters. The van der Waals surface area contributed by atoms with Gasteiger partial charge in [0.25, 0.3) is 0 Å². The van der Waals surface area contributed by atoms with Crippen LogP contribution in [-0.2, 0) is 0 Å². The summed E-state index contributed by atoms with van der Waals surface area (Å²) in [6.45, 7) is 5.72. The number of nitrogens with zero attached hydrogens (tertiary/aromatic N) is 2. The van der Waals surface area contributed by atoms with Gasteiger partial charge in [0.1, 0.15) is 17.0 Å². The second-order valence-corrected chi connectivity index (χ2v) is 7.46. The number of hydrogen-bond donors (Lipinski definition) is 2. The van der Waals surface area contributed by atoms with Crippen LogP contribution in [0.3, 0.4) is 0 Å². The lowest BCUT2D eigenvalue weighted by Gasteiger charge is -2.03. The molecule has 0 bridgehead atoms. The highest BCUT2D eigenvalue weighted by molar-refractivity contribution is 6.00. The molecule has 0 aliphatic carbocycles. The molecule has 0 radical (unpaired) electrons. The van der Waals surface area contributed by atoms with Crippen LogP contribution in [0.25, 0.3) is 50.0 Å². The van der Waals surface area contributed by atoms with Crippen molar-refractivity contribution in [3.05, 3.63) is 103 Å². The average Bonchev–Trinajstić information content (AvgIpc) is 3.43. The Morgan fingerprint density at radius 3 is 2.72 bits per heavy atom. The summed E-state index contributed by atoms with van der Waals surface area (Å²) >= 11 is 0. The number of halogens is 1. The third kappa shape index (κ3) is 3.44. The van der Waals surface area contributed by atoms with Crippen LogP contribution in [0, 0.1) is 5.82 Å². The van der Waals surface area contributed by atoms with Gasteiger partial charge in [-0.05, 0) is 60.0 Å². The Bertz CT molecular complexity index is 1520. The van der Waals surface area contributed by atoms with Gasteiger partial charge in [-0.1, -0.05) is 55.1 Å². The zero-order chi connectivity index (χ0) is 22.1. The van der Waals surface area contributed by atoms with E-state index in [1.165, 1.54) is 6.07 Å². The Balaban J connectivity index is 1.65. The van der Waals surface area contributed by atoms with Crippen molar-refractivity contribution in [2.45, 2.75) is 6.92 Å². The smallest absolute Gasteiger partial charge is 0.135 e. The first kappa shape index (κ1) is 19.7. The molecule has 5 rings (SSSR count). The maximum absolute atomic E-state index is 13.8. The molecule has 0 saturated carbocycles. The molecular weight excluding hydrogens is 399 g/mol. The van der Waals surface area contributed by atoms with Crippen molar-refractivity contribution in [2.75, 3.05) is 0 Å². The fourth-order valence-corrected chi connectivity index (χ4v) is 3.94. The normalized spacial score (nSPS) is 12.2. The molecule has 0 amide bonds. The van der Waals surface area contributed by atoms with Crippen LogP contribution in [0.2, 0.25) is 0 Å². The van der Waals surface area contributed by atoms with Crippen molar-refractivity contribution < 1.29 is 4.39 Å². The third-order valence-electron chi connectivity index (χ3n) is 5.48. The molecular formula is C27H21FN4. The Morgan fingerprint density at radius 1 is 1.03 bits per heavy atom. The second kappa shape index (κ2) is 8.12. The molecule has 4 nitrogen and oxygen atoms in total. The molecule has 0 fully saturated rings. The number of allylic oxidation sites excluding steroid dienone is 5. The number of fused-ring (bicyclic) bond motifs is 2. The number of rotatable bonds is 5. The Kier molecular flexibility index (Phi) is 5.00. The van der Waals surface area contributed by atoms with E-state index in [1.54, 1.807) is 18.2 Å². The number of pyridine rings is 1. The predicted octanol–water partition coefficient (Wildman–Crippen LogP) is 7.06. The summed E-state index contributed by atoms with van der Waals surface area (Å²) in [6, 6.07) is 18.6. The Hall–Kier alpha value is -4.25. The van der Waals surface area contributed by atoms with Crippen LogP contribution in [0.4, 0.5) is 4.39 Å². The van der Waals surface area contributed by atoms with Crippen LogP contribution < -0.4 is 0 Å². The lowest BCUT2D eigenvalue weighted by atomic mass is 10.0. The topological polar surface area (TPSA) is 57.4 Å². The first-order valence-corrected chi connectivity index (χ1v) is 10.4. The van der Waals surface area contributed by atoms with E-state index in [-0.39, 0.29) is 5.82 Å². The molecule has 5 aromatic rings. The lowest BCUT2D eigenvalue weighted by Crippen LogP contribution is -1.88. The van der Waals surface area contributed by atoms with Gasteiger partial charge in [-0.15, -0.1) is 0 Å². The number of nitrogens with one attached hydrogen (secondary N) is 2. The van der Waals surface area contributed by atoms with Crippen LogP contribution in [0.1, 0.15) is 12.6 Å². The molecule has 3 heterocycles.